The summed E-state index contributed by atoms with van der Waals surface area (Å²) in [4.78, 5) is 29.0. The van der Waals surface area contributed by atoms with E-state index in [2.05, 4.69) is 10.1 Å². The Balaban J connectivity index is 1.98. The molecular formula is C24H19F4N5O2. The van der Waals surface area contributed by atoms with E-state index in [1.165, 1.54) is 43.3 Å². The van der Waals surface area contributed by atoms with Gasteiger partial charge in [-0.1, -0.05) is 30.3 Å². The lowest BCUT2D eigenvalue weighted by Gasteiger charge is -2.16. The Bertz CT molecular complexity index is 1460. The van der Waals surface area contributed by atoms with Gasteiger partial charge >= 0.3 is 6.18 Å². The predicted octanol–water partition coefficient (Wildman–Crippen LogP) is 4.01. The number of carbonyl (C=O) groups is 2. The first-order valence-electron chi connectivity index (χ1n) is 10.4. The zero-order chi connectivity index (χ0) is 25.5. The van der Waals surface area contributed by atoms with Crippen LogP contribution in [0.15, 0.2) is 48.5 Å². The summed E-state index contributed by atoms with van der Waals surface area (Å²) in [5.74, 6) is -2.61. The van der Waals surface area contributed by atoms with Crippen molar-refractivity contribution >= 4 is 22.7 Å². The maximum absolute atomic E-state index is 14.1. The lowest BCUT2D eigenvalue weighted by molar-refractivity contribution is -0.141. The third-order valence-electron chi connectivity index (χ3n) is 5.62. The Morgan fingerprint density at radius 2 is 1.63 bits per heavy atom. The number of fused-ring (bicyclic) bond motifs is 1. The summed E-state index contributed by atoms with van der Waals surface area (Å²) in [6, 6.07) is 11.6. The van der Waals surface area contributed by atoms with Crippen molar-refractivity contribution in [3.8, 4) is 11.1 Å². The third kappa shape index (κ3) is 4.44. The summed E-state index contributed by atoms with van der Waals surface area (Å²) in [5.41, 5.74) is 8.90. The van der Waals surface area contributed by atoms with Gasteiger partial charge in [-0.3, -0.25) is 14.3 Å². The summed E-state index contributed by atoms with van der Waals surface area (Å²) >= 11 is 0. The van der Waals surface area contributed by atoms with E-state index in [-0.39, 0.29) is 35.1 Å². The SMILES string of the molecule is Cc1c(-c2c(C(N)=O)nc3ccccc3c2C(N)=O)c(C(F)(F)F)nn1CCc1ccc(F)cc1. The number of nitrogens with two attached hydrogens (primary N) is 2. The van der Waals surface area contributed by atoms with Crippen LogP contribution in [0, 0.1) is 12.7 Å². The molecule has 0 saturated heterocycles. The van der Waals surface area contributed by atoms with Gasteiger partial charge in [0.05, 0.1) is 11.1 Å². The number of para-hydroxylation sites is 1. The molecule has 4 rings (SSSR count). The molecule has 0 bridgehead atoms. The number of aryl methyl sites for hydroxylation is 2. The van der Waals surface area contributed by atoms with Gasteiger partial charge in [0.25, 0.3) is 5.91 Å². The van der Waals surface area contributed by atoms with Gasteiger partial charge in [0.2, 0.25) is 5.91 Å². The summed E-state index contributed by atoms with van der Waals surface area (Å²) < 4.78 is 56.7. The van der Waals surface area contributed by atoms with E-state index in [0.29, 0.717) is 5.56 Å². The number of benzene rings is 2. The summed E-state index contributed by atoms with van der Waals surface area (Å²) in [7, 11) is 0. The van der Waals surface area contributed by atoms with Crippen molar-refractivity contribution in [3.63, 3.8) is 0 Å². The van der Waals surface area contributed by atoms with Crippen LogP contribution in [0.5, 0.6) is 0 Å². The molecule has 2 amide bonds. The van der Waals surface area contributed by atoms with Crippen molar-refractivity contribution in [1.29, 1.82) is 0 Å². The molecular weight excluding hydrogens is 466 g/mol. The maximum Gasteiger partial charge on any atom is 0.435 e. The number of nitrogens with zero attached hydrogens (tertiary/aromatic N) is 3. The Hall–Kier alpha value is -4.28. The van der Waals surface area contributed by atoms with E-state index in [4.69, 9.17) is 11.5 Å². The smallest absolute Gasteiger partial charge is 0.366 e. The number of primary amides is 2. The molecule has 0 spiro atoms. The number of rotatable bonds is 6. The first-order valence-corrected chi connectivity index (χ1v) is 10.4. The normalized spacial score (nSPS) is 11.7. The highest BCUT2D eigenvalue weighted by molar-refractivity contribution is 6.15. The molecule has 4 aromatic rings. The second kappa shape index (κ2) is 8.82. The minimum atomic E-state index is -4.93. The Kier molecular flexibility index (Phi) is 6.01. The maximum atomic E-state index is 14.1. The topological polar surface area (TPSA) is 117 Å². The van der Waals surface area contributed by atoms with E-state index in [1.54, 1.807) is 12.1 Å². The average molecular weight is 485 g/mol. The molecule has 0 fully saturated rings. The lowest BCUT2D eigenvalue weighted by atomic mass is 9.92. The van der Waals surface area contributed by atoms with Crippen molar-refractivity contribution in [1.82, 2.24) is 14.8 Å². The number of aromatic nitrogens is 3. The molecule has 0 saturated carbocycles. The van der Waals surface area contributed by atoms with Crippen molar-refractivity contribution in [2.24, 2.45) is 11.5 Å². The van der Waals surface area contributed by atoms with Gasteiger partial charge in [-0.25, -0.2) is 9.37 Å². The second-order valence-corrected chi connectivity index (χ2v) is 7.86. The molecule has 0 aliphatic rings. The van der Waals surface area contributed by atoms with Crippen LogP contribution in [-0.4, -0.2) is 26.6 Å². The quantitative estimate of drug-likeness (QED) is 0.402. The van der Waals surface area contributed by atoms with Crippen LogP contribution >= 0.6 is 0 Å². The lowest BCUT2D eigenvalue weighted by Crippen LogP contribution is -2.21. The molecule has 0 aliphatic heterocycles. The van der Waals surface area contributed by atoms with E-state index < -0.39 is 46.3 Å². The molecule has 35 heavy (non-hydrogen) atoms. The van der Waals surface area contributed by atoms with Crippen LogP contribution in [0.2, 0.25) is 0 Å². The summed E-state index contributed by atoms with van der Waals surface area (Å²) in [6.45, 7) is 1.40. The summed E-state index contributed by atoms with van der Waals surface area (Å²) in [6.07, 6.45) is -4.68. The highest BCUT2D eigenvalue weighted by Crippen LogP contribution is 2.42. The Morgan fingerprint density at radius 1 is 0.971 bits per heavy atom. The monoisotopic (exact) mass is 485 g/mol. The molecule has 2 heterocycles. The minimum absolute atomic E-state index is 0.0133. The van der Waals surface area contributed by atoms with Gasteiger partial charge in [-0.15, -0.1) is 0 Å². The minimum Gasteiger partial charge on any atom is -0.366 e. The van der Waals surface area contributed by atoms with Crippen LogP contribution in [0.4, 0.5) is 17.6 Å². The van der Waals surface area contributed by atoms with Crippen molar-refractivity contribution in [2.45, 2.75) is 26.1 Å². The van der Waals surface area contributed by atoms with Gasteiger partial charge in [0, 0.05) is 28.8 Å². The standard InChI is InChI=1S/C24H19F4N5O2/c1-12-17(19-18(22(29)34)15-4-2-3-5-16(15)31-20(19)23(30)35)21(24(26,27)28)32-33(12)11-10-13-6-8-14(25)9-7-13/h2-9H,10-11H2,1H3,(H2,29,34)(H2,30,35). The zero-order valence-electron chi connectivity index (χ0n) is 18.4. The fourth-order valence-electron chi connectivity index (χ4n) is 4.04. The van der Waals surface area contributed by atoms with E-state index in [9.17, 15) is 27.2 Å². The van der Waals surface area contributed by atoms with Gasteiger partial charge in [-0.05, 0) is 37.1 Å². The molecule has 0 atom stereocenters. The van der Waals surface area contributed by atoms with Crippen LogP contribution in [0.3, 0.4) is 0 Å². The van der Waals surface area contributed by atoms with E-state index in [1.807, 2.05) is 0 Å². The third-order valence-corrected chi connectivity index (χ3v) is 5.62. The van der Waals surface area contributed by atoms with Crippen LogP contribution in [-0.2, 0) is 19.1 Å². The molecule has 0 aliphatic carbocycles. The first-order chi connectivity index (χ1) is 16.5. The largest absolute Gasteiger partial charge is 0.435 e. The molecule has 7 nitrogen and oxygen atoms in total. The molecule has 0 radical (unpaired) electrons. The Labute approximate surface area is 196 Å². The van der Waals surface area contributed by atoms with Crippen molar-refractivity contribution < 1.29 is 27.2 Å². The Morgan fingerprint density at radius 3 is 2.23 bits per heavy atom. The summed E-state index contributed by atoms with van der Waals surface area (Å²) in [5, 5.41) is 3.93. The highest BCUT2D eigenvalue weighted by Gasteiger charge is 2.41. The zero-order valence-corrected chi connectivity index (χ0v) is 18.4. The molecule has 180 valence electrons. The number of pyridine rings is 1. The predicted molar refractivity (Wildman–Crippen MR) is 120 cm³/mol. The second-order valence-electron chi connectivity index (χ2n) is 7.86. The molecule has 2 aromatic carbocycles. The molecule has 4 N–H and O–H groups in total. The van der Waals surface area contributed by atoms with E-state index in [0.717, 1.165) is 4.68 Å². The van der Waals surface area contributed by atoms with Gasteiger partial charge in [-0.2, -0.15) is 18.3 Å². The number of hydrogen-bond donors (Lipinski definition) is 2. The van der Waals surface area contributed by atoms with Gasteiger partial charge in [0.1, 0.15) is 11.5 Å². The number of carbonyl (C=O) groups excluding carboxylic acids is 2. The van der Waals surface area contributed by atoms with Crippen LogP contribution < -0.4 is 11.5 Å². The average Bonchev–Trinajstić information content (AvgIpc) is 3.13. The first kappa shape index (κ1) is 23.9. The highest BCUT2D eigenvalue weighted by atomic mass is 19.4. The fourth-order valence-corrected chi connectivity index (χ4v) is 4.04. The van der Waals surface area contributed by atoms with E-state index >= 15 is 0 Å². The molecule has 11 heteroatoms. The number of halogens is 4. The van der Waals surface area contributed by atoms with Crippen molar-refractivity contribution in [3.05, 3.63) is 82.6 Å². The number of amides is 2. The molecule has 0 unspecified atom stereocenters. The fraction of sp³-hybridized carbons (Fsp3) is 0.167. The van der Waals surface area contributed by atoms with Crippen LogP contribution in [0.25, 0.3) is 22.0 Å². The van der Waals surface area contributed by atoms with Gasteiger partial charge in [0.15, 0.2) is 5.69 Å². The van der Waals surface area contributed by atoms with Crippen LogP contribution in [0.1, 0.15) is 37.8 Å². The molecule has 2 aromatic heterocycles. The van der Waals surface area contributed by atoms with Crippen molar-refractivity contribution in [2.75, 3.05) is 0 Å². The number of hydrogen-bond acceptors (Lipinski definition) is 4. The number of alkyl halides is 3. The van der Waals surface area contributed by atoms with Gasteiger partial charge < -0.3 is 11.5 Å².